The zero-order chi connectivity index (χ0) is 8.97. The van der Waals surface area contributed by atoms with Crippen LogP contribution in [0.1, 0.15) is 5.76 Å². The highest BCUT2D eigenvalue weighted by atomic mass is 16.4. The molecule has 0 amide bonds. The minimum atomic E-state index is -0.895. The van der Waals surface area contributed by atoms with Gasteiger partial charge in [-0.1, -0.05) is 0 Å². The van der Waals surface area contributed by atoms with Crippen LogP contribution in [0.5, 0.6) is 0 Å². The third-order valence-corrected chi connectivity index (χ3v) is 1.54. The number of aromatic nitrogens is 1. The molecule has 0 saturated carbocycles. The van der Waals surface area contributed by atoms with Gasteiger partial charge in [0, 0.05) is 6.42 Å². The minimum absolute atomic E-state index is 0.311. The zero-order valence-electron chi connectivity index (χ0n) is 6.65. The van der Waals surface area contributed by atoms with Crippen molar-refractivity contribution in [3.63, 3.8) is 0 Å². The Hall–Kier alpha value is -1.36. The molecule has 1 unspecified atom stereocenters. The molecule has 2 N–H and O–H groups in total. The molecule has 0 aromatic carbocycles. The lowest BCUT2D eigenvalue weighted by Crippen LogP contribution is -2.35. The highest BCUT2D eigenvalue weighted by Crippen LogP contribution is 2.01. The molecule has 1 atom stereocenters. The van der Waals surface area contributed by atoms with Crippen molar-refractivity contribution in [2.75, 3.05) is 7.05 Å². The van der Waals surface area contributed by atoms with Gasteiger partial charge < -0.3 is 14.8 Å². The van der Waals surface area contributed by atoms with Crippen molar-refractivity contribution >= 4 is 5.97 Å². The van der Waals surface area contributed by atoms with Crippen LogP contribution < -0.4 is 5.32 Å². The summed E-state index contributed by atoms with van der Waals surface area (Å²) >= 11 is 0. The first-order valence-corrected chi connectivity index (χ1v) is 3.51. The second kappa shape index (κ2) is 3.87. The van der Waals surface area contributed by atoms with Crippen molar-refractivity contribution in [1.82, 2.24) is 10.3 Å². The third-order valence-electron chi connectivity index (χ3n) is 1.54. The monoisotopic (exact) mass is 170 g/mol. The van der Waals surface area contributed by atoms with E-state index in [1.165, 1.54) is 12.6 Å². The predicted octanol–water partition coefficient (Wildman–Crippen LogP) is -0.110. The molecule has 1 rings (SSSR count). The molecule has 0 bridgehead atoms. The maximum Gasteiger partial charge on any atom is 0.321 e. The van der Waals surface area contributed by atoms with Crippen LogP contribution in [0.3, 0.4) is 0 Å². The summed E-state index contributed by atoms with van der Waals surface area (Å²) in [7, 11) is 1.59. The quantitative estimate of drug-likeness (QED) is 0.659. The van der Waals surface area contributed by atoms with Gasteiger partial charge >= 0.3 is 5.97 Å². The van der Waals surface area contributed by atoms with Crippen LogP contribution in [0.2, 0.25) is 0 Å². The summed E-state index contributed by atoms with van der Waals surface area (Å²) in [4.78, 5) is 14.2. The van der Waals surface area contributed by atoms with Crippen LogP contribution in [0.25, 0.3) is 0 Å². The van der Waals surface area contributed by atoms with Crippen LogP contribution >= 0.6 is 0 Å². The van der Waals surface area contributed by atoms with Gasteiger partial charge in [0.05, 0.1) is 6.20 Å². The van der Waals surface area contributed by atoms with Crippen molar-refractivity contribution < 1.29 is 14.3 Å². The first kappa shape index (κ1) is 8.73. The fraction of sp³-hybridized carbons (Fsp3) is 0.429. The van der Waals surface area contributed by atoms with Crippen molar-refractivity contribution in [2.24, 2.45) is 0 Å². The fourth-order valence-electron chi connectivity index (χ4n) is 0.857. The molecule has 1 aromatic rings. The van der Waals surface area contributed by atoms with Gasteiger partial charge in [0.15, 0.2) is 6.39 Å². The van der Waals surface area contributed by atoms with E-state index >= 15 is 0 Å². The number of hydrogen-bond acceptors (Lipinski definition) is 4. The number of oxazole rings is 1. The van der Waals surface area contributed by atoms with E-state index in [9.17, 15) is 4.79 Å². The number of nitrogens with one attached hydrogen (secondary N) is 1. The second-order valence-electron chi connectivity index (χ2n) is 2.35. The average molecular weight is 170 g/mol. The van der Waals surface area contributed by atoms with Gasteiger partial charge in [-0.3, -0.25) is 4.79 Å². The van der Waals surface area contributed by atoms with Gasteiger partial charge in [0.25, 0.3) is 0 Å². The Morgan fingerprint density at radius 1 is 1.92 bits per heavy atom. The molecule has 0 aliphatic carbocycles. The molecule has 66 valence electrons. The lowest BCUT2D eigenvalue weighted by Gasteiger charge is -2.07. The Kier molecular flexibility index (Phi) is 2.82. The molecule has 1 aromatic heterocycles. The molecule has 12 heavy (non-hydrogen) atoms. The Morgan fingerprint density at radius 2 is 2.67 bits per heavy atom. The molecule has 5 nitrogen and oxygen atoms in total. The Labute approximate surface area is 69.4 Å². The van der Waals surface area contributed by atoms with E-state index < -0.39 is 12.0 Å². The summed E-state index contributed by atoms with van der Waals surface area (Å²) in [5.74, 6) is -0.328. The Morgan fingerprint density at radius 3 is 3.08 bits per heavy atom. The van der Waals surface area contributed by atoms with E-state index in [1.54, 1.807) is 7.05 Å². The number of aliphatic carboxylic acids is 1. The summed E-state index contributed by atoms with van der Waals surface area (Å²) in [6.07, 6.45) is 3.10. The van der Waals surface area contributed by atoms with E-state index in [0.717, 1.165) is 0 Å². The number of carboxylic acid groups (broad SMARTS) is 1. The summed E-state index contributed by atoms with van der Waals surface area (Å²) in [6.45, 7) is 0. The molecular weight excluding hydrogens is 160 g/mol. The van der Waals surface area contributed by atoms with Crippen LogP contribution in [0.15, 0.2) is 17.0 Å². The Bertz CT molecular complexity index is 245. The van der Waals surface area contributed by atoms with E-state index in [1.807, 2.05) is 0 Å². The van der Waals surface area contributed by atoms with Crippen molar-refractivity contribution in [2.45, 2.75) is 12.5 Å². The predicted molar refractivity (Wildman–Crippen MR) is 40.7 cm³/mol. The second-order valence-corrected chi connectivity index (χ2v) is 2.35. The highest BCUT2D eigenvalue weighted by Gasteiger charge is 2.16. The SMILES string of the molecule is CNC(Cc1cnco1)C(=O)O. The fourth-order valence-corrected chi connectivity index (χ4v) is 0.857. The van der Waals surface area contributed by atoms with Crippen LogP contribution in [0.4, 0.5) is 0 Å². The van der Waals surface area contributed by atoms with Crippen LogP contribution in [-0.2, 0) is 11.2 Å². The standard InChI is InChI=1S/C7H10N2O3/c1-8-6(7(10)11)2-5-3-9-4-12-5/h3-4,6,8H,2H2,1H3,(H,10,11). The van der Waals surface area contributed by atoms with Gasteiger partial charge in [-0.2, -0.15) is 0 Å². The topological polar surface area (TPSA) is 75.4 Å². The summed E-state index contributed by atoms with van der Waals surface area (Å²) in [5, 5.41) is 11.3. The maximum atomic E-state index is 10.5. The van der Waals surface area contributed by atoms with Gasteiger partial charge in [-0.25, -0.2) is 4.98 Å². The molecule has 1 heterocycles. The minimum Gasteiger partial charge on any atom is -0.480 e. The van der Waals surface area contributed by atoms with E-state index in [4.69, 9.17) is 9.52 Å². The van der Waals surface area contributed by atoms with E-state index in [0.29, 0.717) is 12.2 Å². The van der Waals surface area contributed by atoms with Crippen molar-refractivity contribution in [1.29, 1.82) is 0 Å². The molecule has 5 heteroatoms. The number of hydrogen-bond donors (Lipinski definition) is 2. The maximum absolute atomic E-state index is 10.5. The number of carbonyl (C=O) groups is 1. The van der Waals surface area contributed by atoms with Crippen LogP contribution in [0, 0.1) is 0 Å². The first-order chi connectivity index (χ1) is 5.74. The van der Waals surface area contributed by atoms with E-state index in [-0.39, 0.29) is 0 Å². The first-order valence-electron chi connectivity index (χ1n) is 3.51. The normalized spacial score (nSPS) is 12.8. The van der Waals surface area contributed by atoms with Gasteiger partial charge in [-0.15, -0.1) is 0 Å². The van der Waals surface area contributed by atoms with E-state index in [2.05, 4.69) is 10.3 Å². The van der Waals surface area contributed by atoms with Gasteiger partial charge in [-0.05, 0) is 7.05 Å². The summed E-state index contributed by atoms with van der Waals surface area (Å²) in [5.41, 5.74) is 0. The highest BCUT2D eigenvalue weighted by molar-refractivity contribution is 5.73. The number of likely N-dealkylation sites (N-methyl/N-ethyl adjacent to an activating group) is 1. The average Bonchev–Trinajstić information content (AvgIpc) is 2.51. The number of carboxylic acids is 1. The van der Waals surface area contributed by atoms with Gasteiger partial charge in [0.2, 0.25) is 0 Å². The lowest BCUT2D eigenvalue weighted by atomic mass is 10.2. The summed E-state index contributed by atoms with van der Waals surface area (Å²) < 4.78 is 4.90. The van der Waals surface area contributed by atoms with Crippen molar-refractivity contribution in [3.8, 4) is 0 Å². The van der Waals surface area contributed by atoms with Gasteiger partial charge in [0.1, 0.15) is 11.8 Å². The number of rotatable bonds is 4. The largest absolute Gasteiger partial charge is 0.480 e. The van der Waals surface area contributed by atoms with Crippen molar-refractivity contribution in [3.05, 3.63) is 18.4 Å². The smallest absolute Gasteiger partial charge is 0.321 e. The Balaban J connectivity index is 2.54. The molecule has 0 aliphatic rings. The third kappa shape index (κ3) is 2.06. The number of nitrogens with zero attached hydrogens (tertiary/aromatic N) is 1. The molecule has 0 fully saturated rings. The zero-order valence-corrected chi connectivity index (χ0v) is 6.65. The molecule has 0 radical (unpaired) electrons. The lowest BCUT2D eigenvalue weighted by molar-refractivity contribution is -0.139. The van der Waals surface area contributed by atoms with Crippen LogP contribution in [-0.4, -0.2) is 29.1 Å². The summed E-state index contributed by atoms with van der Waals surface area (Å²) in [6, 6.07) is -0.613. The molecule has 0 spiro atoms. The molecular formula is C7H10N2O3. The molecule has 0 saturated heterocycles. The molecule has 0 aliphatic heterocycles.